The van der Waals surface area contributed by atoms with Crippen LogP contribution in [0.15, 0.2) is 42.7 Å². The summed E-state index contributed by atoms with van der Waals surface area (Å²) >= 11 is 0. The lowest BCUT2D eigenvalue weighted by atomic mass is 10.2. The molecule has 1 fully saturated rings. The molecular weight excluding hydrogens is 342 g/mol. The van der Waals surface area contributed by atoms with E-state index in [0.717, 1.165) is 30.4 Å². The highest BCUT2D eigenvalue weighted by atomic mass is 16.5. The van der Waals surface area contributed by atoms with E-state index in [2.05, 4.69) is 34.0 Å². The largest absolute Gasteiger partial charge is 0.493 e. The van der Waals surface area contributed by atoms with Gasteiger partial charge in [-0.1, -0.05) is 26.0 Å². The number of benzene rings is 1. The molecule has 7 nitrogen and oxygen atoms in total. The quantitative estimate of drug-likeness (QED) is 0.847. The summed E-state index contributed by atoms with van der Waals surface area (Å²) in [6.45, 7) is 8.18. The summed E-state index contributed by atoms with van der Waals surface area (Å²) in [5, 5.41) is 3.00. The Hall–Kier alpha value is -2.83. The Labute approximate surface area is 160 Å². The molecule has 0 spiro atoms. The van der Waals surface area contributed by atoms with Gasteiger partial charge in [0.05, 0.1) is 6.61 Å². The van der Waals surface area contributed by atoms with Crippen molar-refractivity contribution in [2.75, 3.05) is 37.7 Å². The minimum atomic E-state index is -0.0443. The molecule has 2 heterocycles. The Balaban J connectivity index is 1.45. The maximum Gasteiger partial charge on any atom is 0.317 e. The Morgan fingerprint density at radius 3 is 2.59 bits per heavy atom. The molecule has 3 rings (SSSR count). The van der Waals surface area contributed by atoms with Crippen molar-refractivity contribution in [2.24, 2.45) is 5.92 Å². The summed E-state index contributed by atoms with van der Waals surface area (Å²) in [6.07, 6.45) is 3.47. The van der Waals surface area contributed by atoms with Gasteiger partial charge in [-0.05, 0) is 29.7 Å². The first-order chi connectivity index (χ1) is 13.1. The summed E-state index contributed by atoms with van der Waals surface area (Å²) < 4.78 is 5.74. The molecule has 0 radical (unpaired) electrons. The highest BCUT2D eigenvalue weighted by molar-refractivity contribution is 5.74. The lowest BCUT2D eigenvalue weighted by Crippen LogP contribution is -2.52. The SMILES string of the molecule is CC(C)COc1cccc(CNC(=O)N2CCN(c3ncccn3)CC2)c1. The molecule has 27 heavy (non-hydrogen) atoms. The molecule has 7 heteroatoms. The number of amides is 2. The van der Waals surface area contributed by atoms with E-state index < -0.39 is 0 Å². The molecule has 0 aliphatic carbocycles. The van der Waals surface area contributed by atoms with Crippen molar-refractivity contribution in [3.8, 4) is 5.75 Å². The Morgan fingerprint density at radius 2 is 1.89 bits per heavy atom. The van der Waals surface area contributed by atoms with Gasteiger partial charge in [0.25, 0.3) is 0 Å². The monoisotopic (exact) mass is 369 g/mol. The van der Waals surface area contributed by atoms with E-state index in [0.29, 0.717) is 32.2 Å². The van der Waals surface area contributed by atoms with Crippen LogP contribution in [0.5, 0.6) is 5.75 Å². The molecule has 1 aromatic heterocycles. The zero-order valence-electron chi connectivity index (χ0n) is 16.0. The van der Waals surface area contributed by atoms with Gasteiger partial charge in [-0.25, -0.2) is 14.8 Å². The molecule has 0 saturated carbocycles. The predicted octanol–water partition coefficient (Wildman–Crippen LogP) is 2.54. The highest BCUT2D eigenvalue weighted by Crippen LogP contribution is 2.15. The number of piperazine rings is 1. The van der Waals surface area contributed by atoms with Crippen LogP contribution >= 0.6 is 0 Å². The molecule has 0 unspecified atom stereocenters. The van der Waals surface area contributed by atoms with Crippen LogP contribution < -0.4 is 15.0 Å². The van der Waals surface area contributed by atoms with Crippen molar-refractivity contribution in [1.29, 1.82) is 0 Å². The maximum absolute atomic E-state index is 12.4. The topological polar surface area (TPSA) is 70.6 Å². The molecule has 2 amide bonds. The molecule has 1 aromatic carbocycles. The van der Waals surface area contributed by atoms with Gasteiger partial charge in [-0.3, -0.25) is 0 Å². The lowest BCUT2D eigenvalue weighted by molar-refractivity contribution is 0.193. The van der Waals surface area contributed by atoms with Gasteiger partial charge in [0.2, 0.25) is 5.95 Å². The number of carbonyl (C=O) groups is 1. The lowest BCUT2D eigenvalue weighted by Gasteiger charge is -2.34. The van der Waals surface area contributed by atoms with E-state index in [1.807, 2.05) is 29.2 Å². The first-order valence-electron chi connectivity index (χ1n) is 9.38. The molecular formula is C20H27N5O2. The van der Waals surface area contributed by atoms with E-state index in [1.165, 1.54) is 0 Å². The zero-order chi connectivity index (χ0) is 19.1. The molecule has 144 valence electrons. The van der Waals surface area contributed by atoms with Crippen molar-refractivity contribution in [3.05, 3.63) is 48.3 Å². The maximum atomic E-state index is 12.4. The van der Waals surface area contributed by atoms with Crippen molar-refractivity contribution >= 4 is 12.0 Å². The third kappa shape index (κ3) is 5.57. The molecule has 2 aromatic rings. The molecule has 1 saturated heterocycles. The van der Waals surface area contributed by atoms with E-state index in [1.54, 1.807) is 18.5 Å². The van der Waals surface area contributed by atoms with Crippen molar-refractivity contribution < 1.29 is 9.53 Å². The van der Waals surface area contributed by atoms with Crippen LogP contribution in [-0.2, 0) is 6.54 Å². The number of urea groups is 1. The number of aromatic nitrogens is 2. The number of ether oxygens (including phenoxy) is 1. The second-order valence-electron chi connectivity index (χ2n) is 7.03. The number of hydrogen-bond donors (Lipinski definition) is 1. The standard InChI is InChI=1S/C20H27N5O2/c1-16(2)15-27-18-6-3-5-17(13-18)14-23-20(26)25-11-9-24(10-12-25)19-21-7-4-8-22-19/h3-8,13,16H,9-12,14-15H2,1-2H3,(H,23,26). The summed E-state index contributed by atoms with van der Waals surface area (Å²) in [5.41, 5.74) is 1.03. The molecule has 0 bridgehead atoms. The number of rotatable bonds is 6. The Bertz CT molecular complexity index is 730. The molecule has 1 aliphatic heterocycles. The van der Waals surface area contributed by atoms with Gasteiger partial charge in [0.1, 0.15) is 5.75 Å². The van der Waals surface area contributed by atoms with Gasteiger partial charge in [-0.2, -0.15) is 0 Å². The van der Waals surface area contributed by atoms with Crippen LogP contribution in [0.3, 0.4) is 0 Å². The van der Waals surface area contributed by atoms with Crippen molar-refractivity contribution in [1.82, 2.24) is 20.2 Å². The van der Waals surface area contributed by atoms with Gasteiger partial charge < -0.3 is 19.9 Å². The van der Waals surface area contributed by atoms with Crippen LogP contribution in [0.25, 0.3) is 0 Å². The van der Waals surface area contributed by atoms with Crippen LogP contribution in [0.4, 0.5) is 10.7 Å². The molecule has 1 aliphatic rings. The van der Waals surface area contributed by atoms with Crippen molar-refractivity contribution in [2.45, 2.75) is 20.4 Å². The second-order valence-corrected chi connectivity index (χ2v) is 7.03. The van der Waals surface area contributed by atoms with Crippen LogP contribution in [0.2, 0.25) is 0 Å². The third-order valence-corrected chi connectivity index (χ3v) is 4.33. The average Bonchev–Trinajstić information content (AvgIpc) is 2.71. The predicted molar refractivity (Wildman–Crippen MR) is 105 cm³/mol. The number of nitrogens with one attached hydrogen (secondary N) is 1. The van der Waals surface area contributed by atoms with Gasteiger partial charge in [-0.15, -0.1) is 0 Å². The fourth-order valence-corrected chi connectivity index (χ4v) is 2.86. The smallest absolute Gasteiger partial charge is 0.317 e. The van der Waals surface area contributed by atoms with Crippen LogP contribution in [0.1, 0.15) is 19.4 Å². The summed E-state index contributed by atoms with van der Waals surface area (Å²) in [4.78, 5) is 24.9. The number of nitrogens with zero attached hydrogens (tertiary/aromatic N) is 4. The highest BCUT2D eigenvalue weighted by Gasteiger charge is 2.22. The number of carbonyl (C=O) groups excluding carboxylic acids is 1. The van der Waals surface area contributed by atoms with E-state index in [4.69, 9.17) is 4.74 Å². The van der Waals surface area contributed by atoms with Gasteiger partial charge >= 0.3 is 6.03 Å². The van der Waals surface area contributed by atoms with Gasteiger partial charge in [0.15, 0.2) is 0 Å². The van der Waals surface area contributed by atoms with E-state index in [-0.39, 0.29) is 6.03 Å². The minimum absolute atomic E-state index is 0.0443. The zero-order valence-corrected chi connectivity index (χ0v) is 16.0. The summed E-state index contributed by atoms with van der Waals surface area (Å²) in [7, 11) is 0. The Kier molecular flexibility index (Phi) is 6.46. The first kappa shape index (κ1) is 18.9. The molecule has 0 atom stereocenters. The minimum Gasteiger partial charge on any atom is -0.493 e. The summed E-state index contributed by atoms with van der Waals surface area (Å²) in [5.74, 6) is 2.04. The number of anilines is 1. The average molecular weight is 369 g/mol. The van der Waals surface area contributed by atoms with Crippen LogP contribution in [-0.4, -0.2) is 53.7 Å². The second kappa shape index (κ2) is 9.21. The van der Waals surface area contributed by atoms with Crippen LogP contribution in [0, 0.1) is 5.92 Å². The molecule has 1 N–H and O–H groups in total. The fraction of sp³-hybridized carbons (Fsp3) is 0.450. The normalized spacial score (nSPS) is 14.3. The summed E-state index contributed by atoms with van der Waals surface area (Å²) in [6, 6.07) is 9.63. The Morgan fingerprint density at radius 1 is 1.15 bits per heavy atom. The fourth-order valence-electron chi connectivity index (χ4n) is 2.86. The van der Waals surface area contributed by atoms with E-state index in [9.17, 15) is 4.79 Å². The third-order valence-electron chi connectivity index (χ3n) is 4.33. The van der Waals surface area contributed by atoms with E-state index >= 15 is 0 Å². The van der Waals surface area contributed by atoms with Gasteiger partial charge in [0, 0.05) is 45.1 Å². The first-order valence-corrected chi connectivity index (χ1v) is 9.38. The van der Waals surface area contributed by atoms with Crippen molar-refractivity contribution in [3.63, 3.8) is 0 Å². The number of hydrogen-bond acceptors (Lipinski definition) is 5.